The topological polar surface area (TPSA) is 88.0 Å². The molecule has 0 amide bonds. The van der Waals surface area contributed by atoms with E-state index in [1.54, 1.807) is 12.4 Å². The fraction of sp³-hybridized carbons (Fsp3) is 0.200. The summed E-state index contributed by atoms with van der Waals surface area (Å²) >= 11 is 1.50. The van der Waals surface area contributed by atoms with Crippen LogP contribution in [0.25, 0.3) is 16.5 Å². The van der Waals surface area contributed by atoms with Crippen molar-refractivity contribution in [2.24, 2.45) is 5.11 Å². The molecule has 0 saturated heterocycles. The lowest BCUT2D eigenvalue weighted by atomic mass is 10.2. The molecular formula is C10H10N4O2S. The minimum Gasteiger partial charge on any atom is -0.466 e. The first-order valence-corrected chi connectivity index (χ1v) is 5.78. The van der Waals surface area contributed by atoms with Crippen molar-refractivity contribution in [1.29, 1.82) is 0 Å². The third kappa shape index (κ3) is 3.51. The number of carbonyl (C=O) groups is 1. The number of thioether (sulfide) groups is 1. The van der Waals surface area contributed by atoms with E-state index in [4.69, 9.17) is 5.53 Å². The molecule has 0 atom stereocenters. The average Bonchev–Trinajstić information content (AvgIpc) is 2.38. The van der Waals surface area contributed by atoms with Crippen molar-refractivity contribution in [3.8, 4) is 0 Å². The van der Waals surface area contributed by atoms with Crippen LogP contribution in [0, 0.1) is 0 Å². The van der Waals surface area contributed by atoms with Crippen LogP contribution >= 0.6 is 11.8 Å². The Balaban J connectivity index is 3.21. The molecule has 0 saturated carbocycles. The predicted octanol–water partition coefficient (Wildman–Crippen LogP) is 2.63. The van der Waals surface area contributed by atoms with E-state index in [2.05, 4.69) is 19.7 Å². The van der Waals surface area contributed by atoms with Gasteiger partial charge in [-0.2, -0.15) is 0 Å². The van der Waals surface area contributed by atoms with Gasteiger partial charge < -0.3 is 4.74 Å². The molecule has 0 radical (unpaired) electrons. The maximum atomic E-state index is 11.3. The Morgan fingerprint density at radius 1 is 1.71 bits per heavy atom. The van der Waals surface area contributed by atoms with Crippen molar-refractivity contribution in [2.75, 3.05) is 13.4 Å². The number of rotatable bonds is 4. The Morgan fingerprint density at radius 2 is 2.47 bits per heavy atom. The zero-order valence-electron chi connectivity index (χ0n) is 9.32. The average molecular weight is 250 g/mol. The van der Waals surface area contributed by atoms with Crippen molar-refractivity contribution >= 4 is 23.8 Å². The molecule has 0 aliphatic carbocycles. The molecule has 1 heterocycles. The SMILES string of the molecule is COC(=O)C(=Cc1cnccc1SC)N=[N+]=[N-]. The number of hydrogen-bond donors (Lipinski definition) is 0. The molecule has 0 unspecified atom stereocenters. The quantitative estimate of drug-likeness (QED) is 0.205. The molecule has 0 aliphatic rings. The van der Waals surface area contributed by atoms with Gasteiger partial charge in [-0.1, -0.05) is 5.11 Å². The second-order valence-electron chi connectivity index (χ2n) is 2.83. The van der Waals surface area contributed by atoms with E-state index in [0.29, 0.717) is 5.56 Å². The van der Waals surface area contributed by atoms with Gasteiger partial charge in [-0.05, 0) is 23.9 Å². The van der Waals surface area contributed by atoms with E-state index in [1.807, 2.05) is 12.3 Å². The van der Waals surface area contributed by atoms with Gasteiger partial charge >= 0.3 is 5.97 Å². The van der Waals surface area contributed by atoms with Crippen LogP contribution in [0.2, 0.25) is 0 Å². The first-order valence-electron chi connectivity index (χ1n) is 4.56. The molecule has 7 heteroatoms. The number of aromatic nitrogens is 1. The molecule has 0 fully saturated rings. The van der Waals surface area contributed by atoms with Gasteiger partial charge in [-0.25, -0.2) is 4.79 Å². The van der Waals surface area contributed by atoms with E-state index in [1.165, 1.54) is 24.9 Å². The highest BCUT2D eigenvalue weighted by molar-refractivity contribution is 7.98. The summed E-state index contributed by atoms with van der Waals surface area (Å²) in [5.74, 6) is -0.682. The first-order chi connectivity index (χ1) is 8.22. The van der Waals surface area contributed by atoms with Crippen LogP contribution < -0.4 is 0 Å². The summed E-state index contributed by atoms with van der Waals surface area (Å²) in [6, 6.07) is 1.81. The van der Waals surface area contributed by atoms with E-state index in [0.717, 1.165) is 4.90 Å². The third-order valence-electron chi connectivity index (χ3n) is 1.87. The summed E-state index contributed by atoms with van der Waals surface area (Å²) in [5.41, 5.74) is 8.98. The number of ether oxygens (including phenoxy) is 1. The van der Waals surface area contributed by atoms with Crippen LogP contribution in [0.5, 0.6) is 0 Å². The molecule has 0 bridgehead atoms. The number of hydrogen-bond acceptors (Lipinski definition) is 5. The molecule has 0 aromatic carbocycles. The van der Waals surface area contributed by atoms with Crippen LogP contribution in [0.3, 0.4) is 0 Å². The van der Waals surface area contributed by atoms with Crippen LogP contribution in [-0.4, -0.2) is 24.3 Å². The smallest absolute Gasteiger partial charge is 0.340 e. The van der Waals surface area contributed by atoms with Crippen molar-refractivity contribution in [2.45, 2.75) is 4.90 Å². The number of pyridine rings is 1. The molecule has 1 rings (SSSR count). The first kappa shape index (κ1) is 13.1. The Morgan fingerprint density at radius 3 is 3.06 bits per heavy atom. The number of azide groups is 1. The lowest BCUT2D eigenvalue weighted by Crippen LogP contribution is -2.02. The van der Waals surface area contributed by atoms with Crippen LogP contribution in [-0.2, 0) is 9.53 Å². The van der Waals surface area contributed by atoms with E-state index in [-0.39, 0.29) is 5.70 Å². The Bertz CT molecular complexity index is 495. The summed E-state index contributed by atoms with van der Waals surface area (Å²) in [7, 11) is 1.22. The van der Waals surface area contributed by atoms with E-state index in [9.17, 15) is 4.79 Å². The summed E-state index contributed by atoms with van der Waals surface area (Å²) in [6.07, 6.45) is 6.58. The molecule has 0 N–H and O–H groups in total. The van der Waals surface area contributed by atoms with Crippen molar-refractivity contribution in [3.63, 3.8) is 0 Å². The molecule has 0 aliphatic heterocycles. The predicted molar refractivity (Wildman–Crippen MR) is 65.2 cm³/mol. The molecule has 0 spiro atoms. The molecule has 17 heavy (non-hydrogen) atoms. The van der Waals surface area contributed by atoms with Gasteiger partial charge in [0.1, 0.15) is 5.70 Å². The lowest BCUT2D eigenvalue weighted by molar-refractivity contribution is -0.136. The molecule has 6 nitrogen and oxygen atoms in total. The van der Waals surface area contributed by atoms with Crippen LogP contribution in [0.1, 0.15) is 5.56 Å². The fourth-order valence-electron chi connectivity index (χ4n) is 1.12. The van der Waals surface area contributed by atoms with Crippen molar-refractivity contribution < 1.29 is 9.53 Å². The largest absolute Gasteiger partial charge is 0.466 e. The van der Waals surface area contributed by atoms with Crippen LogP contribution in [0.4, 0.5) is 0 Å². The number of methoxy groups -OCH3 is 1. The van der Waals surface area contributed by atoms with Crippen molar-refractivity contribution in [1.82, 2.24) is 4.98 Å². The Hall–Kier alpha value is -1.98. The van der Waals surface area contributed by atoms with E-state index < -0.39 is 5.97 Å². The normalized spacial score (nSPS) is 10.6. The number of nitrogens with zero attached hydrogens (tertiary/aromatic N) is 4. The molecule has 88 valence electrons. The number of carbonyl (C=O) groups excluding carboxylic acids is 1. The molecular weight excluding hydrogens is 240 g/mol. The second kappa shape index (κ2) is 6.57. The van der Waals surface area contributed by atoms with Gasteiger partial charge in [-0.3, -0.25) is 4.98 Å². The Labute approximate surface area is 102 Å². The zero-order chi connectivity index (χ0) is 12.7. The second-order valence-corrected chi connectivity index (χ2v) is 3.68. The maximum absolute atomic E-state index is 11.3. The Kier molecular flexibility index (Phi) is 5.06. The minimum atomic E-state index is -0.682. The third-order valence-corrected chi connectivity index (χ3v) is 2.68. The van der Waals surface area contributed by atoms with Gasteiger partial charge in [0.2, 0.25) is 0 Å². The monoisotopic (exact) mass is 250 g/mol. The summed E-state index contributed by atoms with van der Waals surface area (Å²) < 4.78 is 4.51. The van der Waals surface area contributed by atoms with Gasteiger partial charge in [0.15, 0.2) is 0 Å². The summed E-state index contributed by atoms with van der Waals surface area (Å²) in [4.78, 5) is 18.8. The summed E-state index contributed by atoms with van der Waals surface area (Å²) in [5, 5.41) is 3.30. The zero-order valence-corrected chi connectivity index (χ0v) is 10.1. The standard InChI is InChI=1S/C10H10N4O2S/c1-16-10(15)8(13-14-11)5-7-6-12-4-3-9(7)17-2/h3-6H,1-2H3. The van der Waals surface area contributed by atoms with Gasteiger partial charge in [0.05, 0.1) is 7.11 Å². The molecule has 1 aromatic rings. The highest BCUT2D eigenvalue weighted by Crippen LogP contribution is 2.21. The van der Waals surface area contributed by atoms with Crippen molar-refractivity contribution in [3.05, 3.63) is 40.2 Å². The van der Waals surface area contributed by atoms with Gasteiger partial charge in [0, 0.05) is 27.8 Å². The van der Waals surface area contributed by atoms with Gasteiger partial charge in [-0.15, -0.1) is 11.8 Å². The summed E-state index contributed by atoms with van der Waals surface area (Å²) in [6.45, 7) is 0. The minimum absolute atomic E-state index is 0.0988. The highest BCUT2D eigenvalue weighted by atomic mass is 32.2. The fourth-order valence-corrected chi connectivity index (χ4v) is 1.66. The van der Waals surface area contributed by atoms with Crippen LogP contribution in [0.15, 0.2) is 34.2 Å². The van der Waals surface area contributed by atoms with Gasteiger partial charge in [0.25, 0.3) is 0 Å². The maximum Gasteiger partial charge on any atom is 0.340 e. The highest BCUT2D eigenvalue weighted by Gasteiger charge is 2.08. The molecule has 1 aromatic heterocycles. The van der Waals surface area contributed by atoms with E-state index >= 15 is 0 Å². The number of esters is 1. The lowest BCUT2D eigenvalue weighted by Gasteiger charge is -2.02.